The molecule has 112 valence electrons. The maximum atomic E-state index is 12.3. The van der Waals surface area contributed by atoms with Crippen LogP contribution >= 0.6 is 22.9 Å². The number of carbonyl (C=O) groups excluding carboxylic acids is 1. The molecule has 0 saturated carbocycles. The van der Waals surface area contributed by atoms with E-state index in [0.29, 0.717) is 19.6 Å². The quantitative estimate of drug-likeness (QED) is 0.855. The van der Waals surface area contributed by atoms with Crippen LogP contribution in [-0.2, 0) is 16.1 Å². The third-order valence-corrected chi connectivity index (χ3v) is 4.45. The van der Waals surface area contributed by atoms with Crippen molar-refractivity contribution in [3.8, 4) is 0 Å². The molecule has 0 radical (unpaired) electrons. The Hall–Kier alpha value is -0.620. The van der Waals surface area contributed by atoms with Gasteiger partial charge in [0.15, 0.2) is 0 Å². The molecule has 1 aliphatic heterocycles. The highest BCUT2D eigenvalue weighted by molar-refractivity contribution is 7.16. The van der Waals surface area contributed by atoms with E-state index in [1.54, 1.807) is 11.3 Å². The third-order valence-electron chi connectivity index (χ3n) is 3.23. The topological polar surface area (TPSA) is 32.8 Å². The number of likely N-dealkylation sites (N-methyl/N-ethyl adjacent to an activating group) is 1. The van der Waals surface area contributed by atoms with Gasteiger partial charge in [0, 0.05) is 24.5 Å². The molecular weight excluding hydrogens is 296 g/mol. The number of thiophene rings is 1. The van der Waals surface area contributed by atoms with Gasteiger partial charge in [-0.1, -0.05) is 11.6 Å². The first kappa shape index (κ1) is 15.8. The van der Waals surface area contributed by atoms with Crippen LogP contribution in [0.25, 0.3) is 0 Å². The SMILES string of the molecule is CC1CN(C(=O)CN(C)Cc2ccc(Cl)s2)CC(C)O1. The Kier molecular flexibility index (Phi) is 5.43. The number of carbonyl (C=O) groups is 1. The van der Waals surface area contributed by atoms with Crippen LogP contribution in [0.3, 0.4) is 0 Å². The molecule has 4 nitrogen and oxygen atoms in total. The number of rotatable bonds is 4. The summed E-state index contributed by atoms with van der Waals surface area (Å²) in [6.07, 6.45) is 0.230. The van der Waals surface area contributed by atoms with Gasteiger partial charge in [-0.15, -0.1) is 11.3 Å². The maximum Gasteiger partial charge on any atom is 0.236 e. The highest BCUT2D eigenvalue weighted by Crippen LogP contribution is 2.22. The lowest BCUT2D eigenvalue weighted by Crippen LogP contribution is -2.50. The summed E-state index contributed by atoms with van der Waals surface area (Å²) in [7, 11) is 1.96. The van der Waals surface area contributed by atoms with E-state index in [-0.39, 0.29) is 18.1 Å². The highest BCUT2D eigenvalue weighted by Gasteiger charge is 2.26. The molecule has 1 fully saturated rings. The lowest BCUT2D eigenvalue weighted by Gasteiger charge is -2.36. The minimum absolute atomic E-state index is 0.115. The molecule has 1 aliphatic rings. The predicted octanol–water partition coefficient (Wildman–Crippen LogP) is 2.47. The summed E-state index contributed by atoms with van der Waals surface area (Å²) < 4.78 is 6.44. The van der Waals surface area contributed by atoms with E-state index in [4.69, 9.17) is 16.3 Å². The Labute approximate surface area is 129 Å². The fraction of sp³-hybridized carbons (Fsp3) is 0.643. The van der Waals surface area contributed by atoms with Crippen molar-refractivity contribution >= 4 is 28.8 Å². The zero-order valence-electron chi connectivity index (χ0n) is 12.1. The second-order valence-electron chi connectivity index (χ2n) is 5.43. The van der Waals surface area contributed by atoms with Crippen LogP contribution in [0, 0.1) is 0 Å². The van der Waals surface area contributed by atoms with Crippen LogP contribution in [0.15, 0.2) is 12.1 Å². The summed E-state index contributed by atoms with van der Waals surface area (Å²) in [4.78, 5) is 17.4. The molecule has 0 aromatic carbocycles. The standard InChI is InChI=1S/C14H21ClN2O2S/c1-10-6-17(7-11(2)19-10)14(18)9-16(3)8-12-4-5-13(15)20-12/h4-5,10-11H,6-9H2,1-3H3. The van der Waals surface area contributed by atoms with Crippen LogP contribution in [0.1, 0.15) is 18.7 Å². The number of ether oxygens (including phenoxy) is 1. The molecule has 6 heteroatoms. The maximum absolute atomic E-state index is 12.3. The number of hydrogen-bond acceptors (Lipinski definition) is 4. The summed E-state index contributed by atoms with van der Waals surface area (Å²) in [6.45, 7) is 6.55. The molecule has 20 heavy (non-hydrogen) atoms. The molecule has 1 amide bonds. The average Bonchev–Trinajstić information content (AvgIpc) is 2.73. The monoisotopic (exact) mass is 316 g/mol. The van der Waals surface area contributed by atoms with Crippen LogP contribution in [-0.4, -0.2) is 54.6 Å². The summed E-state index contributed by atoms with van der Waals surface area (Å²) in [5.41, 5.74) is 0. The molecule has 0 bridgehead atoms. The average molecular weight is 317 g/mol. The van der Waals surface area contributed by atoms with Gasteiger partial charge in [0.2, 0.25) is 5.91 Å². The van der Waals surface area contributed by atoms with E-state index < -0.39 is 0 Å². The molecule has 0 aliphatic carbocycles. The van der Waals surface area contributed by atoms with E-state index in [9.17, 15) is 4.79 Å². The van der Waals surface area contributed by atoms with Gasteiger partial charge < -0.3 is 9.64 Å². The second kappa shape index (κ2) is 6.89. The third kappa shape index (κ3) is 4.45. The van der Waals surface area contributed by atoms with Crippen LogP contribution in [0.5, 0.6) is 0 Å². The zero-order chi connectivity index (χ0) is 14.7. The normalized spacial score (nSPS) is 23.4. The highest BCUT2D eigenvalue weighted by atomic mass is 35.5. The van der Waals surface area contributed by atoms with Gasteiger partial charge in [-0.25, -0.2) is 0 Å². The van der Waals surface area contributed by atoms with Crippen LogP contribution in [0.2, 0.25) is 4.34 Å². The number of amides is 1. The molecular formula is C14H21ClN2O2S. The smallest absolute Gasteiger partial charge is 0.236 e. The first-order valence-electron chi connectivity index (χ1n) is 6.80. The van der Waals surface area contributed by atoms with E-state index >= 15 is 0 Å². The number of morpholine rings is 1. The first-order valence-corrected chi connectivity index (χ1v) is 7.99. The lowest BCUT2D eigenvalue weighted by molar-refractivity contribution is -0.144. The summed E-state index contributed by atoms with van der Waals surface area (Å²) in [6, 6.07) is 3.90. The largest absolute Gasteiger partial charge is 0.372 e. The van der Waals surface area contributed by atoms with Crippen molar-refractivity contribution in [2.24, 2.45) is 0 Å². The lowest BCUT2D eigenvalue weighted by atomic mass is 10.2. The van der Waals surface area contributed by atoms with Crippen LogP contribution < -0.4 is 0 Å². The summed E-state index contributed by atoms with van der Waals surface area (Å²) in [5, 5.41) is 0. The Morgan fingerprint density at radius 1 is 1.45 bits per heavy atom. The van der Waals surface area contributed by atoms with E-state index in [1.807, 2.05) is 42.8 Å². The van der Waals surface area contributed by atoms with E-state index in [0.717, 1.165) is 10.9 Å². The van der Waals surface area contributed by atoms with Gasteiger partial charge in [0.25, 0.3) is 0 Å². The van der Waals surface area contributed by atoms with Crippen molar-refractivity contribution in [1.29, 1.82) is 0 Å². The van der Waals surface area contributed by atoms with Crippen molar-refractivity contribution in [2.75, 3.05) is 26.7 Å². The Morgan fingerprint density at radius 3 is 2.65 bits per heavy atom. The summed E-state index contributed by atoms with van der Waals surface area (Å²) >= 11 is 7.47. The molecule has 0 spiro atoms. The fourth-order valence-corrected chi connectivity index (χ4v) is 3.64. The van der Waals surface area contributed by atoms with Gasteiger partial charge in [0.05, 0.1) is 23.1 Å². The van der Waals surface area contributed by atoms with Crippen molar-refractivity contribution < 1.29 is 9.53 Å². The van der Waals surface area contributed by atoms with Gasteiger partial charge in [-0.2, -0.15) is 0 Å². The van der Waals surface area contributed by atoms with Crippen molar-refractivity contribution in [1.82, 2.24) is 9.80 Å². The minimum Gasteiger partial charge on any atom is -0.372 e. The molecule has 1 aromatic heterocycles. The van der Waals surface area contributed by atoms with E-state index in [2.05, 4.69) is 0 Å². The second-order valence-corrected chi connectivity index (χ2v) is 7.23. The zero-order valence-corrected chi connectivity index (χ0v) is 13.7. The van der Waals surface area contributed by atoms with Crippen LogP contribution in [0.4, 0.5) is 0 Å². The van der Waals surface area contributed by atoms with Gasteiger partial charge >= 0.3 is 0 Å². The predicted molar refractivity (Wildman–Crippen MR) is 82.3 cm³/mol. The molecule has 2 unspecified atom stereocenters. The molecule has 1 aromatic rings. The number of hydrogen-bond donors (Lipinski definition) is 0. The van der Waals surface area contributed by atoms with E-state index in [1.165, 1.54) is 4.88 Å². The van der Waals surface area contributed by atoms with Gasteiger partial charge in [-0.05, 0) is 33.0 Å². The fourth-order valence-electron chi connectivity index (χ4n) is 2.47. The number of nitrogens with zero attached hydrogens (tertiary/aromatic N) is 2. The van der Waals surface area contributed by atoms with Crippen molar-refractivity contribution in [3.63, 3.8) is 0 Å². The number of halogens is 1. The molecule has 0 N–H and O–H groups in total. The molecule has 2 rings (SSSR count). The minimum atomic E-state index is 0.115. The Balaban J connectivity index is 1.84. The molecule has 2 atom stereocenters. The molecule has 1 saturated heterocycles. The Morgan fingerprint density at radius 2 is 2.10 bits per heavy atom. The van der Waals surface area contributed by atoms with Crippen molar-refractivity contribution in [2.45, 2.75) is 32.6 Å². The molecule has 2 heterocycles. The van der Waals surface area contributed by atoms with Crippen molar-refractivity contribution in [3.05, 3.63) is 21.3 Å². The van der Waals surface area contributed by atoms with Gasteiger partial charge in [-0.3, -0.25) is 9.69 Å². The summed E-state index contributed by atoms with van der Waals surface area (Å²) in [5.74, 6) is 0.164. The first-order chi connectivity index (χ1) is 9.44. The van der Waals surface area contributed by atoms with Gasteiger partial charge in [0.1, 0.15) is 0 Å². The Bertz CT molecular complexity index is 456.